The maximum Gasteiger partial charge on any atom is 0.220 e. The van der Waals surface area contributed by atoms with Crippen LogP contribution < -0.4 is 10.6 Å². The van der Waals surface area contributed by atoms with E-state index in [1.807, 2.05) is 16.9 Å². The van der Waals surface area contributed by atoms with Gasteiger partial charge in [-0.15, -0.1) is 0 Å². The summed E-state index contributed by atoms with van der Waals surface area (Å²) in [5.74, 6) is 0.703. The van der Waals surface area contributed by atoms with Crippen molar-refractivity contribution in [3.8, 4) is 0 Å². The minimum Gasteiger partial charge on any atom is -0.356 e. The van der Waals surface area contributed by atoms with E-state index >= 15 is 0 Å². The van der Waals surface area contributed by atoms with Crippen molar-refractivity contribution in [1.82, 2.24) is 20.4 Å². The topological polar surface area (TPSA) is 59.0 Å². The Hall–Kier alpha value is -1.36. The van der Waals surface area contributed by atoms with E-state index < -0.39 is 0 Å². The minimum absolute atomic E-state index is 0.184. The summed E-state index contributed by atoms with van der Waals surface area (Å²) < 4.78 is 1.89. The first kappa shape index (κ1) is 13.1. The summed E-state index contributed by atoms with van der Waals surface area (Å²) in [7, 11) is 0. The van der Waals surface area contributed by atoms with Crippen LogP contribution in [0.5, 0.6) is 0 Å². The van der Waals surface area contributed by atoms with Crippen LogP contribution in [0.25, 0.3) is 0 Å². The molecule has 2 heterocycles. The number of carbonyl (C=O) groups excluding carboxylic acids is 1. The number of rotatable bonds is 6. The first-order chi connectivity index (χ1) is 8.84. The highest BCUT2D eigenvalue weighted by Gasteiger charge is 2.16. The van der Waals surface area contributed by atoms with Gasteiger partial charge >= 0.3 is 0 Å². The van der Waals surface area contributed by atoms with Gasteiger partial charge in [0.05, 0.1) is 0 Å². The smallest absolute Gasteiger partial charge is 0.220 e. The first-order valence-corrected chi connectivity index (χ1v) is 6.79. The number of amides is 1. The van der Waals surface area contributed by atoms with Crippen molar-refractivity contribution in [1.29, 1.82) is 0 Å². The molecule has 1 amide bonds. The molecule has 0 aliphatic carbocycles. The van der Waals surface area contributed by atoms with Crippen molar-refractivity contribution in [3.63, 3.8) is 0 Å². The lowest BCUT2D eigenvalue weighted by molar-refractivity contribution is -0.122. The molecule has 1 aromatic heterocycles. The second-order valence-corrected chi connectivity index (χ2v) is 4.89. The van der Waals surface area contributed by atoms with Crippen LogP contribution in [0.15, 0.2) is 18.5 Å². The molecule has 1 saturated heterocycles. The Bertz CT molecular complexity index is 344. The second kappa shape index (κ2) is 7.16. The Morgan fingerprint density at radius 1 is 1.56 bits per heavy atom. The highest BCUT2D eigenvalue weighted by molar-refractivity contribution is 5.76. The predicted molar refractivity (Wildman–Crippen MR) is 70.1 cm³/mol. The molecule has 1 fully saturated rings. The lowest BCUT2D eigenvalue weighted by Gasteiger charge is -2.22. The molecule has 0 bridgehead atoms. The SMILES string of the molecule is O=C(CC1CCCNC1)NCCCn1cccn1. The maximum absolute atomic E-state index is 11.7. The zero-order valence-corrected chi connectivity index (χ0v) is 10.8. The Balaban J connectivity index is 1.54. The minimum atomic E-state index is 0.184. The molecule has 0 saturated carbocycles. The van der Waals surface area contributed by atoms with E-state index in [0.29, 0.717) is 12.3 Å². The van der Waals surface area contributed by atoms with E-state index in [1.165, 1.54) is 12.8 Å². The van der Waals surface area contributed by atoms with Crippen LogP contribution in [-0.4, -0.2) is 35.3 Å². The molecule has 1 aliphatic rings. The van der Waals surface area contributed by atoms with E-state index in [4.69, 9.17) is 0 Å². The summed E-state index contributed by atoms with van der Waals surface area (Å²) in [5.41, 5.74) is 0. The molecule has 2 N–H and O–H groups in total. The third kappa shape index (κ3) is 4.49. The molecule has 1 atom stereocenters. The van der Waals surface area contributed by atoms with Crippen molar-refractivity contribution < 1.29 is 4.79 Å². The van der Waals surface area contributed by atoms with Gasteiger partial charge in [-0.05, 0) is 44.3 Å². The lowest BCUT2D eigenvalue weighted by Crippen LogP contribution is -2.34. The third-order valence-electron chi connectivity index (χ3n) is 3.32. The molecule has 5 heteroatoms. The van der Waals surface area contributed by atoms with Crippen LogP contribution in [0.3, 0.4) is 0 Å². The van der Waals surface area contributed by atoms with Gasteiger partial charge in [0.2, 0.25) is 5.91 Å². The molecule has 0 aromatic carbocycles. The lowest BCUT2D eigenvalue weighted by atomic mass is 9.96. The summed E-state index contributed by atoms with van der Waals surface area (Å²) in [4.78, 5) is 11.7. The number of nitrogens with one attached hydrogen (secondary N) is 2. The Labute approximate surface area is 108 Å². The highest BCUT2D eigenvalue weighted by Crippen LogP contribution is 2.13. The van der Waals surface area contributed by atoms with E-state index in [2.05, 4.69) is 15.7 Å². The van der Waals surface area contributed by atoms with Crippen LogP contribution in [0, 0.1) is 5.92 Å². The van der Waals surface area contributed by atoms with Crippen molar-refractivity contribution in [3.05, 3.63) is 18.5 Å². The van der Waals surface area contributed by atoms with Crippen LogP contribution in [0.1, 0.15) is 25.7 Å². The molecule has 1 unspecified atom stereocenters. The molecule has 1 aromatic rings. The Morgan fingerprint density at radius 2 is 2.50 bits per heavy atom. The van der Waals surface area contributed by atoms with Crippen LogP contribution in [0.2, 0.25) is 0 Å². The third-order valence-corrected chi connectivity index (χ3v) is 3.32. The molecule has 1 aliphatic heterocycles. The molecular formula is C13H22N4O. The van der Waals surface area contributed by atoms with Crippen molar-refractivity contribution in [2.24, 2.45) is 5.92 Å². The monoisotopic (exact) mass is 250 g/mol. The fourth-order valence-electron chi connectivity index (χ4n) is 2.33. The predicted octanol–water partition coefficient (Wildman–Crippen LogP) is 0.779. The summed E-state index contributed by atoms with van der Waals surface area (Å²) in [6.07, 6.45) is 7.67. The van der Waals surface area contributed by atoms with E-state index in [0.717, 1.165) is 32.6 Å². The van der Waals surface area contributed by atoms with Gasteiger partial charge in [0.25, 0.3) is 0 Å². The van der Waals surface area contributed by atoms with E-state index in [9.17, 15) is 4.79 Å². The average molecular weight is 250 g/mol. The quantitative estimate of drug-likeness (QED) is 0.734. The molecule has 0 spiro atoms. The number of nitrogens with zero attached hydrogens (tertiary/aromatic N) is 2. The summed E-state index contributed by atoms with van der Waals surface area (Å²) in [6.45, 7) is 3.68. The largest absolute Gasteiger partial charge is 0.356 e. The van der Waals surface area contributed by atoms with Gasteiger partial charge in [0.1, 0.15) is 0 Å². The van der Waals surface area contributed by atoms with E-state index in [1.54, 1.807) is 6.20 Å². The molecule has 0 radical (unpaired) electrons. The van der Waals surface area contributed by atoms with Gasteiger partial charge in [0, 0.05) is 31.9 Å². The molecule has 5 nitrogen and oxygen atoms in total. The summed E-state index contributed by atoms with van der Waals surface area (Å²) in [6, 6.07) is 1.91. The zero-order valence-electron chi connectivity index (χ0n) is 10.8. The molecule has 18 heavy (non-hydrogen) atoms. The number of aromatic nitrogens is 2. The average Bonchev–Trinajstić information content (AvgIpc) is 2.89. The highest BCUT2D eigenvalue weighted by atomic mass is 16.1. The van der Waals surface area contributed by atoms with Crippen molar-refractivity contribution >= 4 is 5.91 Å². The fraction of sp³-hybridized carbons (Fsp3) is 0.692. The first-order valence-electron chi connectivity index (χ1n) is 6.79. The van der Waals surface area contributed by atoms with Gasteiger partial charge in [-0.2, -0.15) is 5.10 Å². The molecule has 2 rings (SSSR count). The number of piperidine rings is 1. The van der Waals surface area contributed by atoms with Gasteiger partial charge in [-0.25, -0.2) is 0 Å². The Morgan fingerprint density at radius 3 is 3.22 bits per heavy atom. The molecular weight excluding hydrogens is 228 g/mol. The number of hydrogen-bond acceptors (Lipinski definition) is 3. The van der Waals surface area contributed by atoms with Gasteiger partial charge in [-0.1, -0.05) is 0 Å². The molecule has 100 valence electrons. The standard InChI is InChI=1S/C13H22N4O/c18-13(10-12-4-1-5-14-11-12)15-6-2-8-17-9-3-7-16-17/h3,7,9,12,14H,1-2,4-6,8,10-11H2,(H,15,18). The van der Waals surface area contributed by atoms with Gasteiger partial charge in [0.15, 0.2) is 0 Å². The van der Waals surface area contributed by atoms with Gasteiger partial charge in [-0.3, -0.25) is 9.48 Å². The number of hydrogen-bond donors (Lipinski definition) is 2. The summed E-state index contributed by atoms with van der Waals surface area (Å²) >= 11 is 0. The van der Waals surface area contributed by atoms with Gasteiger partial charge < -0.3 is 10.6 Å². The maximum atomic E-state index is 11.7. The number of aryl methyl sites for hydroxylation is 1. The van der Waals surface area contributed by atoms with Crippen LogP contribution in [0.4, 0.5) is 0 Å². The fourth-order valence-corrected chi connectivity index (χ4v) is 2.33. The van der Waals surface area contributed by atoms with Crippen molar-refractivity contribution in [2.75, 3.05) is 19.6 Å². The van der Waals surface area contributed by atoms with Crippen LogP contribution in [-0.2, 0) is 11.3 Å². The zero-order chi connectivity index (χ0) is 12.6. The Kier molecular flexibility index (Phi) is 5.20. The van der Waals surface area contributed by atoms with Crippen molar-refractivity contribution in [2.45, 2.75) is 32.2 Å². The summed E-state index contributed by atoms with van der Waals surface area (Å²) in [5, 5.41) is 10.4. The van der Waals surface area contributed by atoms with Crippen LogP contribution >= 0.6 is 0 Å². The van der Waals surface area contributed by atoms with E-state index in [-0.39, 0.29) is 5.91 Å². The normalized spacial score (nSPS) is 19.7. The second-order valence-electron chi connectivity index (χ2n) is 4.89. The number of carbonyl (C=O) groups is 1.